The molecule has 1 amide bonds. The van der Waals surface area contributed by atoms with Crippen LogP contribution >= 0.6 is 0 Å². The van der Waals surface area contributed by atoms with Crippen molar-refractivity contribution in [2.45, 2.75) is 31.5 Å². The maximum Gasteiger partial charge on any atom is 0.412 e. The molecule has 102 valence electrons. The van der Waals surface area contributed by atoms with Gasteiger partial charge in [0.05, 0.1) is 11.9 Å². The number of hydrogen-bond donors (Lipinski definition) is 1. The first-order valence-corrected chi connectivity index (χ1v) is 7.21. The van der Waals surface area contributed by atoms with Crippen LogP contribution in [0.25, 0.3) is 0 Å². The van der Waals surface area contributed by atoms with Crippen molar-refractivity contribution in [3.05, 3.63) is 6.20 Å². The quantitative estimate of drug-likeness (QED) is 0.607. The summed E-state index contributed by atoms with van der Waals surface area (Å²) in [7, 11) is 2.00. The number of anilines is 1. The highest BCUT2D eigenvalue weighted by Gasteiger charge is 2.18. The highest BCUT2D eigenvalue weighted by molar-refractivity contribution is 7.90. The number of amides is 1. The Hall–Kier alpha value is -1.64. The fourth-order valence-electron chi connectivity index (χ4n) is 1.07. The number of nitrogens with one attached hydrogen (secondary N) is 1. The fraction of sp³-hybridized carbons (Fsp3) is 0.500. The van der Waals surface area contributed by atoms with E-state index in [4.69, 9.17) is 12.6 Å². The third kappa shape index (κ3) is 4.86. The summed E-state index contributed by atoms with van der Waals surface area (Å²) in [5.74, 6) is 0. The lowest BCUT2D eigenvalue weighted by Gasteiger charge is -2.20. The topological polar surface area (TPSA) is 98.3 Å². The Kier molecular flexibility index (Phi) is 4.19. The monoisotopic (exact) mass is 283 g/mol. The van der Waals surface area contributed by atoms with Gasteiger partial charge in [0.15, 0.2) is 0 Å². The van der Waals surface area contributed by atoms with Gasteiger partial charge in [0.25, 0.3) is 0 Å². The molecule has 0 aromatic carbocycles. The Labute approximate surface area is 113 Å². The van der Waals surface area contributed by atoms with Gasteiger partial charge in [-0.3, -0.25) is 5.32 Å². The number of hydrogen-bond acceptors (Lipinski definition) is 6. The van der Waals surface area contributed by atoms with Gasteiger partial charge in [-0.1, -0.05) is 0 Å². The summed E-state index contributed by atoms with van der Waals surface area (Å²) in [6, 6.07) is 0. The maximum atomic E-state index is 11.5. The van der Waals surface area contributed by atoms with Gasteiger partial charge in [0.2, 0.25) is 15.0 Å². The van der Waals surface area contributed by atoms with Crippen LogP contribution in [0.5, 0.6) is 0 Å². The zero-order chi connectivity index (χ0) is 14.8. The van der Waals surface area contributed by atoms with Crippen LogP contribution < -0.4 is 10.9 Å². The molecule has 0 aliphatic rings. The fourth-order valence-corrected chi connectivity index (χ4v) is 1.57. The molecule has 0 fully saturated rings. The summed E-state index contributed by atoms with van der Waals surface area (Å²) >= 11 is 0. The maximum absolute atomic E-state index is 11.5. The molecule has 0 aliphatic heterocycles. The standard InChI is InChI=1S/C10H14BN3O4S/c1-10(2,3)18-9(15)13-6-5-12-8(14-7(6)11)19(4,16)17/h5H,1-4H3,(H,13,15). The van der Waals surface area contributed by atoms with E-state index in [9.17, 15) is 13.2 Å². The summed E-state index contributed by atoms with van der Waals surface area (Å²) in [6.07, 6.45) is 1.35. The van der Waals surface area contributed by atoms with Crippen LogP contribution in [0.15, 0.2) is 11.4 Å². The van der Waals surface area contributed by atoms with E-state index in [2.05, 4.69) is 15.3 Å². The van der Waals surface area contributed by atoms with Gasteiger partial charge < -0.3 is 4.74 Å². The van der Waals surface area contributed by atoms with Gasteiger partial charge in [0, 0.05) is 11.8 Å². The largest absolute Gasteiger partial charge is 0.444 e. The molecule has 1 heterocycles. The molecule has 7 nitrogen and oxygen atoms in total. The van der Waals surface area contributed by atoms with E-state index >= 15 is 0 Å². The third-order valence-corrected chi connectivity index (χ3v) is 2.62. The molecular weight excluding hydrogens is 269 g/mol. The van der Waals surface area contributed by atoms with E-state index in [0.29, 0.717) is 0 Å². The minimum absolute atomic E-state index is 0.0849. The molecule has 1 rings (SSSR count). The second-order valence-corrected chi connectivity index (χ2v) is 6.76. The van der Waals surface area contributed by atoms with Crippen molar-refractivity contribution in [1.29, 1.82) is 0 Å². The zero-order valence-electron chi connectivity index (χ0n) is 11.1. The Bertz CT molecular complexity index is 595. The molecule has 0 unspecified atom stereocenters. The molecule has 2 radical (unpaired) electrons. The minimum Gasteiger partial charge on any atom is -0.444 e. The first kappa shape index (κ1) is 15.4. The summed E-state index contributed by atoms with van der Waals surface area (Å²) in [6.45, 7) is 5.12. The van der Waals surface area contributed by atoms with Crippen molar-refractivity contribution in [3.63, 3.8) is 0 Å². The first-order valence-electron chi connectivity index (χ1n) is 5.31. The molecule has 0 aliphatic carbocycles. The molecule has 1 aromatic heterocycles. The van der Waals surface area contributed by atoms with E-state index in [1.165, 1.54) is 0 Å². The zero-order valence-corrected chi connectivity index (χ0v) is 11.9. The smallest absolute Gasteiger partial charge is 0.412 e. The molecular formula is C10H14BN3O4S. The summed E-state index contributed by atoms with van der Waals surface area (Å²) < 4.78 is 27.4. The van der Waals surface area contributed by atoms with Crippen LogP contribution in [0.2, 0.25) is 0 Å². The van der Waals surface area contributed by atoms with Gasteiger partial charge in [-0.05, 0) is 20.8 Å². The average molecular weight is 283 g/mol. The Morgan fingerprint density at radius 2 is 2.00 bits per heavy atom. The van der Waals surface area contributed by atoms with Crippen molar-refractivity contribution >= 4 is 35.1 Å². The Morgan fingerprint density at radius 1 is 1.42 bits per heavy atom. The lowest BCUT2D eigenvalue weighted by atomic mass is 10.0. The second kappa shape index (κ2) is 5.16. The number of sulfone groups is 1. The Morgan fingerprint density at radius 3 is 2.42 bits per heavy atom. The van der Waals surface area contributed by atoms with Gasteiger partial charge in [-0.2, -0.15) is 0 Å². The predicted molar refractivity (Wildman–Crippen MR) is 70.4 cm³/mol. The normalized spacial score (nSPS) is 12.0. The van der Waals surface area contributed by atoms with Gasteiger partial charge in [0.1, 0.15) is 13.4 Å². The van der Waals surface area contributed by atoms with E-state index in [1.807, 2.05) is 0 Å². The molecule has 0 spiro atoms. The van der Waals surface area contributed by atoms with Crippen molar-refractivity contribution in [2.75, 3.05) is 11.6 Å². The van der Waals surface area contributed by atoms with Gasteiger partial charge >= 0.3 is 6.09 Å². The first-order chi connectivity index (χ1) is 8.49. The van der Waals surface area contributed by atoms with Crippen LogP contribution in [0.3, 0.4) is 0 Å². The van der Waals surface area contributed by atoms with Crippen molar-refractivity contribution in [3.8, 4) is 0 Å². The molecule has 1 aromatic rings. The van der Waals surface area contributed by atoms with Gasteiger partial charge in [-0.25, -0.2) is 23.2 Å². The molecule has 0 atom stereocenters. The number of carbonyl (C=O) groups excluding carboxylic acids is 1. The van der Waals surface area contributed by atoms with Crippen LogP contribution in [0, 0.1) is 0 Å². The number of ether oxygens (including phenoxy) is 1. The number of aromatic nitrogens is 2. The van der Waals surface area contributed by atoms with Crippen molar-refractivity contribution in [2.24, 2.45) is 0 Å². The second-order valence-electron chi connectivity index (χ2n) is 4.85. The minimum atomic E-state index is -3.55. The van der Waals surface area contributed by atoms with Crippen molar-refractivity contribution < 1.29 is 17.9 Å². The van der Waals surface area contributed by atoms with E-state index < -0.39 is 26.7 Å². The van der Waals surface area contributed by atoms with Gasteiger partial charge in [-0.15, -0.1) is 0 Å². The highest BCUT2D eigenvalue weighted by atomic mass is 32.2. The molecule has 1 N–H and O–H groups in total. The lowest BCUT2D eigenvalue weighted by Crippen LogP contribution is -2.30. The SMILES string of the molecule is [B]c1nc(S(C)(=O)=O)ncc1NC(=O)OC(C)(C)C. The van der Waals surface area contributed by atoms with E-state index in [1.54, 1.807) is 20.8 Å². The molecule has 19 heavy (non-hydrogen) atoms. The van der Waals surface area contributed by atoms with E-state index in [-0.39, 0.29) is 11.3 Å². The van der Waals surface area contributed by atoms with Crippen LogP contribution in [0.1, 0.15) is 20.8 Å². The van der Waals surface area contributed by atoms with Crippen molar-refractivity contribution in [1.82, 2.24) is 9.97 Å². The van der Waals surface area contributed by atoms with E-state index in [0.717, 1.165) is 12.5 Å². The summed E-state index contributed by atoms with van der Waals surface area (Å²) in [5, 5.41) is 1.94. The predicted octanol–water partition coefficient (Wildman–Crippen LogP) is 0.0209. The van der Waals surface area contributed by atoms with Crippen LogP contribution in [-0.2, 0) is 14.6 Å². The molecule has 9 heteroatoms. The number of nitrogens with zero attached hydrogens (tertiary/aromatic N) is 2. The summed E-state index contributed by atoms with van der Waals surface area (Å²) in [5.41, 5.74) is -0.727. The third-order valence-electron chi connectivity index (χ3n) is 1.76. The Balaban J connectivity index is 2.90. The highest BCUT2D eigenvalue weighted by Crippen LogP contribution is 2.10. The lowest BCUT2D eigenvalue weighted by molar-refractivity contribution is 0.0636. The average Bonchev–Trinajstić information content (AvgIpc) is 2.16. The molecule has 0 bridgehead atoms. The summed E-state index contributed by atoms with van der Waals surface area (Å²) in [4.78, 5) is 18.7. The van der Waals surface area contributed by atoms with Crippen LogP contribution in [-0.4, -0.2) is 44.2 Å². The molecule has 0 saturated heterocycles. The number of rotatable bonds is 2. The molecule has 0 saturated carbocycles. The number of carbonyl (C=O) groups is 1. The van der Waals surface area contributed by atoms with Crippen LogP contribution in [0.4, 0.5) is 10.5 Å².